The summed E-state index contributed by atoms with van der Waals surface area (Å²) in [6.07, 6.45) is 0. The van der Waals surface area contributed by atoms with E-state index in [0.29, 0.717) is 0 Å². The molecule has 0 aromatic heterocycles. The highest BCUT2D eigenvalue weighted by Gasteiger charge is 2.05. The van der Waals surface area contributed by atoms with Crippen LogP contribution in [-0.4, -0.2) is 6.03 Å². The van der Waals surface area contributed by atoms with Gasteiger partial charge in [-0.15, -0.1) is 0 Å². The minimum absolute atomic E-state index is 0.0110. The van der Waals surface area contributed by atoms with Gasteiger partial charge in [-0.2, -0.15) is 0 Å². The van der Waals surface area contributed by atoms with Gasteiger partial charge >= 0.3 is 6.03 Å². The maximum Gasteiger partial charge on any atom is 0.323 e. The Labute approximate surface area is 125 Å². The van der Waals surface area contributed by atoms with Gasteiger partial charge in [0.1, 0.15) is 0 Å². The zero-order chi connectivity index (χ0) is 15.4. The van der Waals surface area contributed by atoms with Gasteiger partial charge in [-0.1, -0.05) is 29.8 Å². The molecule has 110 valence electrons. The van der Waals surface area contributed by atoms with Crippen molar-refractivity contribution in [1.82, 2.24) is 0 Å². The summed E-state index contributed by atoms with van der Waals surface area (Å²) in [4.78, 5) is 12.0. The third-order valence-corrected chi connectivity index (χ3v) is 3.32. The van der Waals surface area contributed by atoms with E-state index in [1.165, 1.54) is 5.56 Å². The van der Waals surface area contributed by atoms with Crippen molar-refractivity contribution in [2.45, 2.75) is 26.8 Å². The Morgan fingerprint density at radius 1 is 1.05 bits per heavy atom. The highest BCUT2D eigenvalue weighted by atomic mass is 16.2. The lowest BCUT2D eigenvalue weighted by Gasteiger charge is -2.11. The molecular weight excluding hydrogens is 262 g/mol. The fraction of sp³-hybridized carbons (Fsp3) is 0.235. The summed E-state index contributed by atoms with van der Waals surface area (Å²) in [7, 11) is 0. The highest BCUT2D eigenvalue weighted by Crippen LogP contribution is 2.17. The first-order valence-electron chi connectivity index (χ1n) is 6.96. The Balaban J connectivity index is 2.01. The molecule has 4 heteroatoms. The number of carbonyl (C=O) groups is 1. The van der Waals surface area contributed by atoms with Crippen LogP contribution in [-0.2, 0) is 0 Å². The van der Waals surface area contributed by atoms with E-state index in [4.69, 9.17) is 5.73 Å². The van der Waals surface area contributed by atoms with Crippen molar-refractivity contribution in [1.29, 1.82) is 0 Å². The number of hydrogen-bond acceptors (Lipinski definition) is 2. The minimum Gasteiger partial charge on any atom is -0.324 e. The van der Waals surface area contributed by atoms with Crippen LogP contribution in [0.25, 0.3) is 0 Å². The van der Waals surface area contributed by atoms with Gasteiger partial charge in [-0.05, 0) is 50.1 Å². The van der Waals surface area contributed by atoms with Crippen LogP contribution in [0.1, 0.15) is 29.7 Å². The Bertz CT molecular complexity index is 633. The molecule has 0 radical (unpaired) electrons. The molecule has 0 bridgehead atoms. The zero-order valence-electron chi connectivity index (χ0n) is 12.6. The second kappa shape index (κ2) is 6.41. The molecule has 4 N–H and O–H groups in total. The van der Waals surface area contributed by atoms with Crippen LogP contribution in [0, 0.1) is 13.8 Å². The fourth-order valence-corrected chi connectivity index (χ4v) is 2.11. The van der Waals surface area contributed by atoms with E-state index in [-0.39, 0.29) is 12.1 Å². The average Bonchev–Trinajstić information content (AvgIpc) is 2.42. The van der Waals surface area contributed by atoms with Gasteiger partial charge in [0.05, 0.1) is 0 Å². The summed E-state index contributed by atoms with van der Waals surface area (Å²) in [6, 6.07) is 13.2. The van der Waals surface area contributed by atoms with Crippen molar-refractivity contribution in [2.24, 2.45) is 5.73 Å². The molecule has 1 unspecified atom stereocenters. The Morgan fingerprint density at radius 3 is 2.29 bits per heavy atom. The lowest BCUT2D eigenvalue weighted by atomic mass is 10.1. The van der Waals surface area contributed by atoms with Crippen molar-refractivity contribution in [3.63, 3.8) is 0 Å². The fourth-order valence-electron chi connectivity index (χ4n) is 2.11. The number of hydrogen-bond donors (Lipinski definition) is 3. The molecule has 0 saturated carbocycles. The topological polar surface area (TPSA) is 67.2 Å². The number of rotatable bonds is 3. The van der Waals surface area contributed by atoms with Crippen LogP contribution in [0.5, 0.6) is 0 Å². The summed E-state index contributed by atoms with van der Waals surface area (Å²) in [5.41, 5.74) is 10.6. The van der Waals surface area contributed by atoms with Gasteiger partial charge in [0.2, 0.25) is 0 Å². The molecule has 0 fully saturated rings. The molecule has 0 aliphatic heterocycles. The quantitative estimate of drug-likeness (QED) is 0.798. The summed E-state index contributed by atoms with van der Waals surface area (Å²) in [5.74, 6) is 0. The first kappa shape index (κ1) is 15.1. The lowest BCUT2D eigenvalue weighted by Crippen LogP contribution is -2.20. The summed E-state index contributed by atoms with van der Waals surface area (Å²) < 4.78 is 0. The highest BCUT2D eigenvalue weighted by molar-refractivity contribution is 6.00. The minimum atomic E-state index is -0.254. The van der Waals surface area contributed by atoms with Gasteiger partial charge in [0.15, 0.2) is 0 Å². The second-order valence-corrected chi connectivity index (χ2v) is 5.31. The number of nitrogens with two attached hydrogens (primary N) is 1. The number of urea groups is 1. The maximum atomic E-state index is 12.0. The van der Waals surface area contributed by atoms with Crippen LogP contribution < -0.4 is 16.4 Å². The third kappa shape index (κ3) is 4.07. The summed E-state index contributed by atoms with van der Waals surface area (Å²) in [6.45, 7) is 5.92. The van der Waals surface area contributed by atoms with Crippen molar-refractivity contribution >= 4 is 17.4 Å². The zero-order valence-corrected chi connectivity index (χ0v) is 12.6. The molecule has 0 aliphatic rings. The van der Waals surface area contributed by atoms with Crippen LogP contribution >= 0.6 is 0 Å². The maximum absolute atomic E-state index is 12.0. The molecule has 2 aromatic rings. The van der Waals surface area contributed by atoms with E-state index in [1.54, 1.807) is 0 Å². The predicted molar refractivity (Wildman–Crippen MR) is 87.6 cm³/mol. The molecule has 21 heavy (non-hydrogen) atoms. The van der Waals surface area contributed by atoms with E-state index >= 15 is 0 Å². The molecular formula is C17H21N3O. The number of amides is 2. The number of aryl methyl sites for hydroxylation is 2. The van der Waals surface area contributed by atoms with Crippen LogP contribution in [0.2, 0.25) is 0 Å². The Hall–Kier alpha value is -2.33. The first-order valence-corrected chi connectivity index (χ1v) is 6.96. The number of nitrogens with one attached hydrogen (secondary N) is 2. The largest absolute Gasteiger partial charge is 0.324 e. The van der Waals surface area contributed by atoms with E-state index < -0.39 is 0 Å². The second-order valence-electron chi connectivity index (χ2n) is 5.31. The smallest absolute Gasteiger partial charge is 0.323 e. The van der Waals surface area contributed by atoms with Crippen LogP contribution in [0.3, 0.4) is 0 Å². The molecule has 0 saturated heterocycles. The monoisotopic (exact) mass is 283 g/mol. The van der Waals surface area contributed by atoms with Crippen molar-refractivity contribution in [3.8, 4) is 0 Å². The van der Waals surface area contributed by atoms with Crippen molar-refractivity contribution in [2.75, 3.05) is 10.6 Å². The van der Waals surface area contributed by atoms with Gasteiger partial charge in [-0.25, -0.2) is 4.79 Å². The molecule has 0 spiro atoms. The van der Waals surface area contributed by atoms with Gasteiger partial charge in [0, 0.05) is 17.4 Å². The number of benzene rings is 2. The molecule has 4 nitrogen and oxygen atoms in total. The standard InChI is InChI=1S/C17H21N3O/c1-11-4-9-16(12(2)10-11)20-17(21)19-15-7-5-14(6-8-15)13(3)18/h4-10,13H,18H2,1-3H3,(H2,19,20,21). The van der Waals surface area contributed by atoms with Gasteiger partial charge in [-0.3, -0.25) is 0 Å². The van der Waals surface area contributed by atoms with Crippen molar-refractivity contribution in [3.05, 3.63) is 59.2 Å². The average molecular weight is 283 g/mol. The molecule has 1 atom stereocenters. The van der Waals surface area contributed by atoms with E-state index in [0.717, 1.165) is 22.5 Å². The third-order valence-electron chi connectivity index (χ3n) is 3.32. The molecule has 2 rings (SSSR count). The predicted octanol–water partition coefficient (Wildman–Crippen LogP) is 3.97. The van der Waals surface area contributed by atoms with Gasteiger partial charge < -0.3 is 16.4 Å². The first-order chi connectivity index (χ1) is 9.95. The lowest BCUT2D eigenvalue weighted by molar-refractivity contribution is 0.262. The number of anilines is 2. The molecule has 0 heterocycles. The Kier molecular flexibility index (Phi) is 4.60. The van der Waals surface area contributed by atoms with Crippen LogP contribution in [0.15, 0.2) is 42.5 Å². The Morgan fingerprint density at radius 2 is 1.71 bits per heavy atom. The molecule has 0 aliphatic carbocycles. The van der Waals surface area contributed by atoms with Gasteiger partial charge in [0.25, 0.3) is 0 Å². The summed E-state index contributed by atoms with van der Waals surface area (Å²) in [5, 5.41) is 5.66. The number of carbonyl (C=O) groups excluding carboxylic acids is 1. The summed E-state index contributed by atoms with van der Waals surface area (Å²) >= 11 is 0. The molecule has 2 aromatic carbocycles. The van der Waals surface area contributed by atoms with Crippen LogP contribution in [0.4, 0.5) is 16.2 Å². The normalized spacial score (nSPS) is 11.8. The van der Waals surface area contributed by atoms with Crippen molar-refractivity contribution < 1.29 is 4.79 Å². The van der Waals surface area contributed by atoms with E-state index in [2.05, 4.69) is 10.6 Å². The molecule has 2 amide bonds. The SMILES string of the molecule is Cc1ccc(NC(=O)Nc2ccc(C(C)N)cc2)c(C)c1. The van der Waals surface area contributed by atoms with E-state index in [9.17, 15) is 4.79 Å². The van der Waals surface area contributed by atoms with E-state index in [1.807, 2.05) is 63.2 Å².